The van der Waals surface area contributed by atoms with Crippen LogP contribution in [0.2, 0.25) is 0 Å². The third kappa shape index (κ3) is 2.13. The van der Waals surface area contributed by atoms with Gasteiger partial charge in [0.25, 0.3) is 0 Å². The molecule has 2 nitrogen and oxygen atoms in total. The van der Waals surface area contributed by atoms with Gasteiger partial charge in [-0.05, 0) is 29.2 Å². The van der Waals surface area contributed by atoms with E-state index in [-0.39, 0.29) is 6.10 Å². The van der Waals surface area contributed by atoms with Gasteiger partial charge in [-0.25, -0.2) is 0 Å². The number of rotatable bonds is 2. The van der Waals surface area contributed by atoms with Crippen molar-refractivity contribution in [2.24, 2.45) is 0 Å². The molecule has 0 N–H and O–H groups in total. The number of ether oxygens (including phenoxy) is 2. The lowest BCUT2D eigenvalue weighted by Gasteiger charge is -2.23. The maximum absolute atomic E-state index is 6.28. The molecule has 0 saturated heterocycles. The smallest absolute Gasteiger partial charge is 0.142 e. The molecule has 0 aliphatic carbocycles. The molecule has 1 unspecified atom stereocenters. The molecule has 0 aromatic heterocycles. The Kier molecular flexibility index (Phi) is 3.08. The average Bonchev–Trinajstić information content (AvgIpc) is 2.61. The maximum atomic E-state index is 6.28. The Bertz CT molecular complexity index is 847. The number of methoxy groups -OCH3 is 1. The topological polar surface area (TPSA) is 18.5 Å². The van der Waals surface area contributed by atoms with Crippen LogP contribution < -0.4 is 9.47 Å². The Labute approximate surface area is 129 Å². The van der Waals surface area contributed by atoms with Crippen LogP contribution in [-0.4, -0.2) is 7.11 Å². The molecule has 0 amide bonds. The van der Waals surface area contributed by atoms with E-state index in [1.54, 1.807) is 7.11 Å². The molecule has 1 heterocycles. The molecule has 1 aliphatic rings. The van der Waals surface area contributed by atoms with E-state index in [1.807, 2.05) is 36.4 Å². The predicted molar refractivity (Wildman–Crippen MR) is 89.3 cm³/mol. The first-order valence-corrected chi connectivity index (χ1v) is 7.36. The van der Waals surface area contributed by atoms with E-state index in [0.29, 0.717) is 0 Å². The van der Waals surface area contributed by atoms with Gasteiger partial charge >= 0.3 is 0 Å². The minimum absolute atomic E-state index is 0.0655. The van der Waals surface area contributed by atoms with Crippen molar-refractivity contribution in [1.29, 1.82) is 0 Å². The van der Waals surface area contributed by atoms with Gasteiger partial charge < -0.3 is 9.47 Å². The summed E-state index contributed by atoms with van der Waals surface area (Å²) in [4.78, 5) is 0. The zero-order valence-electron chi connectivity index (χ0n) is 12.3. The molecule has 22 heavy (non-hydrogen) atoms. The third-order valence-corrected chi connectivity index (χ3v) is 4.05. The number of hydrogen-bond donors (Lipinski definition) is 0. The van der Waals surface area contributed by atoms with Crippen molar-refractivity contribution in [3.63, 3.8) is 0 Å². The second kappa shape index (κ2) is 5.23. The Morgan fingerprint density at radius 3 is 2.55 bits per heavy atom. The first-order chi connectivity index (χ1) is 10.8. The van der Waals surface area contributed by atoms with Crippen LogP contribution in [0.4, 0.5) is 0 Å². The molecule has 0 fully saturated rings. The Hall–Kier alpha value is -2.74. The van der Waals surface area contributed by atoms with E-state index >= 15 is 0 Å². The molecular formula is C20H16O2. The predicted octanol–water partition coefficient (Wildman–Crippen LogP) is 5.00. The maximum Gasteiger partial charge on any atom is 0.142 e. The summed E-state index contributed by atoms with van der Waals surface area (Å²) in [6.45, 7) is 0. The molecule has 1 aliphatic heterocycles. The van der Waals surface area contributed by atoms with E-state index in [9.17, 15) is 0 Å². The molecule has 4 rings (SSSR count). The Morgan fingerprint density at radius 1 is 0.909 bits per heavy atom. The van der Waals surface area contributed by atoms with Crippen LogP contribution in [0.1, 0.15) is 17.2 Å². The van der Waals surface area contributed by atoms with Gasteiger partial charge in [0.2, 0.25) is 0 Å². The summed E-state index contributed by atoms with van der Waals surface area (Å²) in [6, 6.07) is 20.6. The highest BCUT2D eigenvalue weighted by Crippen LogP contribution is 2.38. The van der Waals surface area contributed by atoms with Crippen molar-refractivity contribution >= 4 is 16.8 Å². The standard InChI is InChI=1S/C20H16O2/c1-21-17-11-8-15(9-12-17)19-13-10-16-7-6-14-4-2-3-5-18(14)20(16)22-19/h2-13,19H,1H3. The van der Waals surface area contributed by atoms with Gasteiger partial charge in [-0.1, -0.05) is 54.6 Å². The monoisotopic (exact) mass is 288 g/mol. The molecule has 3 aromatic carbocycles. The largest absolute Gasteiger partial charge is 0.497 e. The summed E-state index contributed by atoms with van der Waals surface area (Å²) in [5.41, 5.74) is 2.25. The third-order valence-electron chi connectivity index (χ3n) is 4.05. The minimum Gasteiger partial charge on any atom is -0.497 e. The molecule has 0 saturated carbocycles. The first kappa shape index (κ1) is 13.0. The zero-order chi connectivity index (χ0) is 14.9. The van der Waals surface area contributed by atoms with E-state index < -0.39 is 0 Å². The van der Waals surface area contributed by atoms with Crippen molar-refractivity contribution < 1.29 is 9.47 Å². The SMILES string of the molecule is COc1ccc(C2C=Cc3ccc4ccccc4c3O2)cc1. The average molecular weight is 288 g/mol. The van der Waals surface area contributed by atoms with Gasteiger partial charge in [0.1, 0.15) is 17.6 Å². The molecule has 3 aromatic rings. The van der Waals surface area contributed by atoms with Gasteiger partial charge in [-0.15, -0.1) is 0 Å². The van der Waals surface area contributed by atoms with Crippen molar-refractivity contribution in [3.05, 3.63) is 77.9 Å². The zero-order valence-corrected chi connectivity index (χ0v) is 12.3. The fourth-order valence-electron chi connectivity index (χ4n) is 2.85. The van der Waals surface area contributed by atoms with Gasteiger partial charge in [-0.3, -0.25) is 0 Å². The summed E-state index contributed by atoms with van der Waals surface area (Å²) < 4.78 is 11.5. The Morgan fingerprint density at radius 2 is 1.73 bits per heavy atom. The van der Waals surface area contributed by atoms with E-state index in [1.165, 1.54) is 5.39 Å². The van der Waals surface area contributed by atoms with Crippen LogP contribution in [0.3, 0.4) is 0 Å². The van der Waals surface area contributed by atoms with Crippen molar-refractivity contribution in [2.45, 2.75) is 6.10 Å². The molecule has 2 heteroatoms. The highest BCUT2D eigenvalue weighted by Gasteiger charge is 2.18. The molecule has 108 valence electrons. The molecular weight excluding hydrogens is 272 g/mol. The van der Waals surface area contributed by atoms with Crippen LogP contribution in [0.25, 0.3) is 16.8 Å². The van der Waals surface area contributed by atoms with Crippen LogP contribution in [0.15, 0.2) is 66.7 Å². The lowest BCUT2D eigenvalue weighted by Crippen LogP contribution is -2.09. The van der Waals surface area contributed by atoms with E-state index in [4.69, 9.17) is 9.47 Å². The molecule has 1 atom stereocenters. The van der Waals surface area contributed by atoms with Gasteiger partial charge in [0.05, 0.1) is 7.11 Å². The first-order valence-electron chi connectivity index (χ1n) is 7.36. The number of benzene rings is 3. The Balaban J connectivity index is 1.75. The summed E-state index contributed by atoms with van der Waals surface area (Å²) in [5.74, 6) is 1.82. The fraction of sp³-hybridized carbons (Fsp3) is 0.100. The molecule has 0 bridgehead atoms. The summed E-state index contributed by atoms with van der Waals surface area (Å²) in [6.07, 6.45) is 4.17. The van der Waals surface area contributed by atoms with Crippen LogP contribution >= 0.6 is 0 Å². The van der Waals surface area contributed by atoms with Gasteiger partial charge in [0.15, 0.2) is 0 Å². The minimum atomic E-state index is -0.0655. The lowest BCUT2D eigenvalue weighted by molar-refractivity contribution is 0.255. The molecule has 0 radical (unpaired) electrons. The van der Waals surface area contributed by atoms with Crippen LogP contribution in [-0.2, 0) is 0 Å². The van der Waals surface area contributed by atoms with Crippen molar-refractivity contribution in [1.82, 2.24) is 0 Å². The van der Waals surface area contributed by atoms with Crippen LogP contribution in [0.5, 0.6) is 11.5 Å². The second-order valence-corrected chi connectivity index (χ2v) is 5.38. The van der Waals surface area contributed by atoms with Gasteiger partial charge in [-0.2, -0.15) is 0 Å². The van der Waals surface area contributed by atoms with Crippen molar-refractivity contribution in [2.75, 3.05) is 7.11 Å². The fourth-order valence-corrected chi connectivity index (χ4v) is 2.85. The summed E-state index contributed by atoms with van der Waals surface area (Å²) in [7, 11) is 1.68. The van der Waals surface area contributed by atoms with Crippen molar-refractivity contribution in [3.8, 4) is 11.5 Å². The van der Waals surface area contributed by atoms with E-state index in [0.717, 1.165) is 28.0 Å². The van der Waals surface area contributed by atoms with Gasteiger partial charge in [0, 0.05) is 10.9 Å². The summed E-state index contributed by atoms with van der Waals surface area (Å²) in [5, 5.41) is 2.35. The summed E-state index contributed by atoms with van der Waals surface area (Å²) >= 11 is 0. The highest BCUT2D eigenvalue weighted by molar-refractivity contribution is 5.92. The molecule has 0 spiro atoms. The lowest BCUT2D eigenvalue weighted by atomic mass is 10.0. The number of fused-ring (bicyclic) bond motifs is 3. The van der Waals surface area contributed by atoms with E-state index in [2.05, 4.69) is 36.4 Å². The normalized spacial score (nSPS) is 16.1. The number of hydrogen-bond acceptors (Lipinski definition) is 2. The quantitative estimate of drug-likeness (QED) is 0.661. The van der Waals surface area contributed by atoms with Crippen LogP contribution in [0, 0.1) is 0 Å². The second-order valence-electron chi connectivity index (χ2n) is 5.38. The highest BCUT2D eigenvalue weighted by atomic mass is 16.5.